The van der Waals surface area contributed by atoms with Crippen LogP contribution < -0.4 is 15.0 Å². The first-order chi connectivity index (χ1) is 13.7. The summed E-state index contributed by atoms with van der Waals surface area (Å²) in [4.78, 5) is 24.7. The fourth-order valence-corrected chi connectivity index (χ4v) is 2.54. The minimum absolute atomic E-state index is 0.237. The Labute approximate surface area is 165 Å². The molecule has 156 valence electrons. The van der Waals surface area contributed by atoms with Crippen molar-refractivity contribution in [1.82, 2.24) is 5.32 Å². The zero-order valence-corrected chi connectivity index (χ0v) is 15.6. The second-order valence-corrected chi connectivity index (χ2v) is 6.21. The molecule has 10 heteroatoms. The van der Waals surface area contributed by atoms with Gasteiger partial charge in [0.15, 0.2) is 6.61 Å². The van der Waals surface area contributed by atoms with Crippen LogP contribution in [0.15, 0.2) is 48.5 Å². The minimum atomic E-state index is -4.56. The highest BCUT2D eigenvalue weighted by Crippen LogP contribution is 2.26. The summed E-state index contributed by atoms with van der Waals surface area (Å²) < 4.78 is 41.4. The SMILES string of the molecule is CN(CCCNC(=O)c1cc(OCC(F)(F)F)ccc1[N+](=O)[O-])c1ccccc1. The van der Waals surface area contributed by atoms with Crippen LogP contribution in [0.3, 0.4) is 0 Å². The number of hydrogen-bond donors (Lipinski definition) is 1. The molecular formula is C19H20F3N3O4. The van der Waals surface area contributed by atoms with Crippen LogP contribution in [0.1, 0.15) is 16.8 Å². The Bertz CT molecular complexity index is 844. The number of benzene rings is 2. The summed E-state index contributed by atoms with van der Waals surface area (Å²) in [5.74, 6) is -1.03. The highest BCUT2D eigenvalue weighted by Gasteiger charge is 2.29. The van der Waals surface area contributed by atoms with Crippen LogP contribution in [-0.2, 0) is 0 Å². The van der Waals surface area contributed by atoms with E-state index >= 15 is 0 Å². The standard InChI is InChI=1S/C19H20F3N3O4/c1-24(14-6-3-2-4-7-14)11-5-10-23-18(26)16-12-15(29-13-19(20,21)22)8-9-17(16)25(27)28/h2-4,6-9,12H,5,10-11,13H2,1H3,(H,23,26). The van der Waals surface area contributed by atoms with Gasteiger partial charge in [-0.25, -0.2) is 0 Å². The number of nitro benzene ring substituents is 1. The van der Waals surface area contributed by atoms with Crippen LogP contribution in [0.4, 0.5) is 24.5 Å². The number of halogens is 3. The number of ether oxygens (including phenoxy) is 1. The molecule has 2 aromatic rings. The van der Waals surface area contributed by atoms with E-state index in [9.17, 15) is 28.1 Å². The number of anilines is 1. The largest absolute Gasteiger partial charge is 0.484 e. The van der Waals surface area contributed by atoms with Gasteiger partial charge < -0.3 is 15.0 Å². The van der Waals surface area contributed by atoms with E-state index in [2.05, 4.69) is 10.1 Å². The molecule has 0 fully saturated rings. The van der Waals surface area contributed by atoms with Gasteiger partial charge in [0.05, 0.1) is 4.92 Å². The van der Waals surface area contributed by atoms with E-state index in [0.29, 0.717) is 13.0 Å². The molecule has 7 nitrogen and oxygen atoms in total. The molecule has 0 spiro atoms. The summed E-state index contributed by atoms with van der Waals surface area (Å²) in [5.41, 5.74) is 0.137. The number of alkyl halides is 3. The van der Waals surface area contributed by atoms with Gasteiger partial charge in [-0.2, -0.15) is 13.2 Å². The normalized spacial score (nSPS) is 11.0. The Morgan fingerprint density at radius 2 is 1.90 bits per heavy atom. The number of nitrogens with zero attached hydrogens (tertiary/aromatic N) is 2. The predicted octanol–water partition coefficient (Wildman–Crippen LogP) is 3.79. The molecule has 1 amide bonds. The lowest BCUT2D eigenvalue weighted by Gasteiger charge is -2.19. The third kappa shape index (κ3) is 6.98. The molecule has 0 saturated heterocycles. The number of carbonyl (C=O) groups is 1. The fourth-order valence-electron chi connectivity index (χ4n) is 2.54. The van der Waals surface area contributed by atoms with E-state index < -0.39 is 29.3 Å². The van der Waals surface area contributed by atoms with Crippen molar-refractivity contribution in [2.75, 3.05) is 31.6 Å². The average molecular weight is 411 g/mol. The monoisotopic (exact) mass is 411 g/mol. The first-order valence-corrected chi connectivity index (χ1v) is 8.70. The van der Waals surface area contributed by atoms with Gasteiger partial charge in [-0.05, 0) is 30.7 Å². The fraction of sp³-hybridized carbons (Fsp3) is 0.316. The summed E-state index contributed by atoms with van der Waals surface area (Å²) in [6.07, 6.45) is -4.00. The number of hydrogen-bond acceptors (Lipinski definition) is 5. The summed E-state index contributed by atoms with van der Waals surface area (Å²) in [6, 6.07) is 12.5. The van der Waals surface area contributed by atoms with Crippen molar-refractivity contribution >= 4 is 17.3 Å². The molecule has 0 radical (unpaired) electrons. The maximum absolute atomic E-state index is 12.3. The maximum Gasteiger partial charge on any atom is 0.422 e. The molecule has 0 heterocycles. The Morgan fingerprint density at radius 3 is 2.52 bits per heavy atom. The number of nitro groups is 1. The zero-order chi connectivity index (χ0) is 21.4. The maximum atomic E-state index is 12.3. The van der Waals surface area contributed by atoms with Gasteiger partial charge in [0, 0.05) is 31.9 Å². The molecule has 2 rings (SSSR count). The van der Waals surface area contributed by atoms with E-state index in [-0.39, 0.29) is 17.9 Å². The van der Waals surface area contributed by atoms with Gasteiger partial charge in [0.2, 0.25) is 0 Å². The molecule has 0 bridgehead atoms. The lowest BCUT2D eigenvalue weighted by atomic mass is 10.1. The van der Waals surface area contributed by atoms with Gasteiger partial charge >= 0.3 is 6.18 Å². The van der Waals surface area contributed by atoms with Crippen molar-refractivity contribution in [2.24, 2.45) is 0 Å². The highest BCUT2D eigenvalue weighted by molar-refractivity contribution is 5.98. The Morgan fingerprint density at radius 1 is 1.21 bits per heavy atom. The molecule has 0 unspecified atom stereocenters. The average Bonchev–Trinajstić information content (AvgIpc) is 2.69. The van der Waals surface area contributed by atoms with Crippen molar-refractivity contribution in [2.45, 2.75) is 12.6 Å². The van der Waals surface area contributed by atoms with Crippen LogP contribution in [0.5, 0.6) is 5.75 Å². The molecule has 1 N–H and O–H groups in total. The van der Waals surface area contributed by atoms with E-state index in [4.69, 9.17) is 0 Å². The van der Waals surface area contributed by atoms with Crippen molar-refractivity contribution < 1.29 is 27.6 Å². The highest BCUT2D eigenvalue weighted by atomic mass is 19.4. The second kappa shape index (κ2) is 9.76. The number of para-hydroxylation sites is 1. The van der Waals surface area contributed by atoms with Crippen LogP contribution in [0.25, 0.3) is 0 Å². The molecule has 0 aliphatic carbocycles. The summed E-state index contributed by atoms with van der Waals surface area (Å²) in [6.45, 7) is -0.695. The lowest BCUT2D eigenvalue weighted by molar-refractivity contribution is -0.385. The van der Waals surface area contributed by atoms with E-state index in [0.717, 1.165) is 23.9 Å². The quantitative estimate of drug-likeness (QED) is 0.386. The van der Waals surface area contributed by atoms with Crippen molar-refractivity contribution in [3.63, 3.8) is 0 Å². The summed E-state index contributed by atoms with van der Waals surface area (Å²) >= 11 is 0. The Balaban J connectivity index is 1.96. The third-order valence-electron chi connectivity index (χ3n) is 3.96. The molecule has 0 aliphatic rings. The van der Waals surface area contributed by atoms with Crippen molar-refractivity contribution in [1.29, 1.82) is 0 Å². The minimum Gasteiger partial charge on any atom is -0.484 e. The van der Waals surface area contributed by atoms with Gasteiger partial charge in [0.25, 0.3) is 11.6 Å². The molecule has 0 aliphatic heterocycles. The second-order valence-electron chi connectivity index (χ2n) is 6.21. The molecular weight excluding hydrogens is 391 g/mol. The molecule has 0 atom stereocenters. The van der Waals surface area contributed by atoms with Gasteiger partial charge in [0.1, 0.15) is 11.3 Å². The number of rotatable bonds is 9. The van der Waals surface area contributed by atoms with E-state index in [1.165, 1.54) is 0 Å². The predicted molar refractivity (Wildman–Crippen MR) is 101 cm³/mol. The lowest BCUT2D eigenvalue weighted by Crippen LogP contribution is -2.28. The van der Waals surface area contributed by atoms with Gasteiger partial charge in [-0.15, -0.1) is 0 Å². The summed E-state index contributed by atoms with van der Waals surface area (Å²) in [5, 5.41) is 13.7. The van der Waals surface area contributed by atoms with Crippen LogP contribution in [0.2, 0.25) is 0 Å². The Kier molecular flexibility index (Phi) is 7.40. The Hall–Kier alpha value is -3.30. The molecule has 0 saturated carbocycles. The first-order valence-electron chi connectivity index (χ1n) is 8.70. The topological polar surface area (TPSA) is 84.7 Å². The van der Waals surface area contributed by atoms with E-state index in [1.807, 2.05) is 42.3 Å². The zero-order valence-electron chi connectivity index (χ0n) is 15.6. The number of amides is 1. The van der Waals surface area contributed by atoms with Crippen molar-refractivity contribution in [3.8, 4) is 5.75 Å². The summed E-state index contributed by atoms with van der Waals surface area (Å²) in [7, 11) is 1.89. The molecule has 2 aromatic carbocycles. The molecule has 29 heavy (non-hydrogen) atoms. The van der Waals surface area contributed by atoms with Crippen molar-refractivity contribution in [3.05, 3.63) is 64.2 Å². The number of nitrogens with one attached hydrogen (secondary N) is 1. The van der Waals surface area contributed by atoms with Crippen LogP contribution in [-0.4, -0.2) is 43.8 Å². The van der Waals surface area contributed by atoms with Gasteiger partial charge in [-0.1, -0.05) is 18.2 Å². The van der Waals surface area contributed by atoms with Crippen LogP contribution in [0, 0.1) is 10.1 Å². The van der Waals surface area contributed by atoms with Crippen LogP contribution >= 0.6 is 0 Å². The van der Waals surface area contributed by atoms with Gasteiger partial charge in [-0.3, -0.25) is 14.9 Å². The third-order valence-corrected chi connectivity index (χ3v) is 3.96. The molecule has 0 aromatic heterocycles. The smallest absolute Gasteiger partial charge is 0.422 e. The number of carbonyl (C=O) groups excluding carboxylic acids is 1. The first kappa shape index (κ1) is 22.0. The van der Waals surface area contributed by atoms with E-state index in [1.54, 1.807) is 0 Å².